The van der Waals surface area contributed by atoms with Crippen LogP contribution in [0.4, 0.5) is 0 Å². The molecule has 0 aromatic heterocycles. The molecule has 0 N–H and O–H groups in total. The monoisotopic (exact) mass is 264 g/mol. The summed E-state index contributed by atoms with van der Waals surface area (Å²) < 4.78 is 0.342. The summed E-state index contributed by atoms with van der Waals surface area (Å²) in [5, 5.41) is 0. The van der Waals surface area contributed by atoms with Crippen LogP contribution in [0.1, 0.15) is 19.8 Å². The van der Waals surface area contributed by atoms with E-state index in [1.807, 2.05) is 6.08 Å². The summed E-state index contributed by atoms with van der Waals surface area (Å²) in [5.74, 6) is 0. The molecule has 0 saturated heterocycles. The molecule has 0 heterocycles. The molecule has 0 aliphatic heterocycles. The van der Waals surface area contributed by atoms with E-state index in [0.717, 1.165) is 17.7 Å². The van der Waals surface area contributed by atoms with E-state index in [1.54, 1.807) is 0 Å². The molecular formula is C11H14ORu. The van der Waals surface area contributed by atoms with Crippen molar-refractivity contribution in [2.24, 2.45) is 0 Å². The topological polar surface area (TPSA) is 17.1 Å². The van der Waals surface area contributed by atoms with Crippen molar-refractivity contribution < 1.29 is 21.9 Å². The molecule has 1 rings (SSSR count). The maximum atomic E-state index is 10.5. The van der Waals surface area contributed by atoms with Crippen molar-refractivity contribution in [2.45, 2.75) is 24.3 Å². The Morgan fingerprint density at radius 2 is 2.54 bits per heavy atom. The quantitative estimate of drug-likeness (QED) is 0.423. The first-order valence-electron chi connectivity index (χ1n) is 4.37. The first-order valence-corrected chi connectivity index (χ1v) is 6.38. The molecule has 72 valence electrons. The van der Waals surface area contributed by atoms with Crippen molar-refractivity contribution in [1.82, 2.24) is 0 Å². The molecule has 1 nitrogen and oxygen atoms in total. The zero-order chi connectivity index (χ0) is 9.68. The van der Waals surface area contributed by atoms with Crippen LogP contribution in [-0.2, 0) is 21.9 Å². The summed E-state index contributed by atoms with van der Waals surface area (Å²) in [5.41, 5.74) is 2.82. The Balaban J connectivity index is 2.79. The van der Waals surface area contributed by atoms with Gasteiger partial charge in [0.1, 0.15) is 0 Å². The van der Waals surface area contributed by atoms with E-state index in [9.17, 15) is 4.79 Å². The summed E-state index contributed by atoms with van der Waals surface area (Å²) in [6, 6.07) is 0. The van der Waals surface area contributed by atoms with E-state index in [-0.39, 0.29) is 17.1 Å². The molecule has 2 heteroatoms. The summed E-state index contributed by atoms with van der Waals surface area (Å²) in [6.45, 7) is 5.95. The van der Waals surface area contributed by atoms with Crippen LogP contribution in [0, 0.1) is 0 Å². The Hall–Kier alpha value is -0.487. The van der Waals surface area contributed by atoms with Crippen molar-refractivity contribution in [3.63, 3.8) is 0 Å². The van der Waals surface area contributed by atoms with Gasteiger partial charge in [0.2, 0.25) is 0 Å². The average molecular weight is 263 g/mol. The summed E-state index contributed by atoms with van der Waals surface area (Å²) in [7, 11) is 0. The van der Waals surface area contributed by atoms with Crippen LogP contribution >= 0.6 is 0 Å². The van der Waals surface area contributed by atoms with Gasteiger partial charge in [0.15, 0.2) is 0 Å². The van der Waals surface area contributed by atoms with Crippen molar-refractivity contribution >= 4 is 4.88 Å². The molecule has 0 bridgehead atoms. The first-order chi connectivity index (χ1) is 6.33. The van der Waals surface area contributed by atoms with Gasteiger partial charge in [-0.05, 0) is 0 Å². The molecule has 0 aromatic rings. The molecule has 1 unspecified atom stereocenters. The molecule has 0 aromatic carbocycles. The van der Waals surface area contributed by atoms with E-state index >= 15 is 0 Å². The van der Waals surface area contributed by atoms with Gasteiger partial charge in [-0.15, -0.1) is 0 Å². The molecule has 1 aliphatic carbocycles. The second-order valence-electron chi connectivity index (χ2n) is 2.83. The van der Waals surface area contributed by atoms with Crippen LogP contribution in [0.25, 0.3) is 0 Å². The van der Waals surface area contributed by atoms with Crippen LogP contribution in [0.2, 0.25) is 4.51 Å². The van der Waals surface area contributed by atoms with Crippen molar-refractivity contribution in [3.8, 4) is 0 Å². The number of allylic oxidation sites excluding steroid dienone is 5. The van der Waals surface area contributed by atoms with Gasteiger partial charge < -0.3 is 0 Å². The standard InChI is InChI=1S/C10H13.CHO.Ru/c1-3-6-10-8-5-7-9(10)4-2;1-2;/h3,5-7H,1,4,8H2,2H3;1H;. The Labute approximate surface area is 87.2 Å². The molecule has 1 aliphatic rings. The van der Waals surface area contributed by atoms with E-state index in [1.165, 1.54) is 11.1 Å². The third kappa shape index (κ3) is 2.48. The predicted molar refractivity (Wildman–Crippen MR) is 51.8 cm³/mol. The van der Waals surface area contributed by atoms with E-state index in [0.29, 0.717) is 4.51 Å². The van der Waals surface area contributed by atoms with Crippen molar-refractivity contribution in [2.75, 3.05) is 0 Å². The SMILES string of the molecule is C=C[CH]([Ru][CH]=O)C1=C(CC)C=CC1. The normalized spacial score (nSPS) is 17.9. The first kappa shape index (κ1) is 10.6. The van der Waals surface area contributed by atoms with E-state index < -0.39 is 0 Å². The number of hydrogen-bond acceptors (Lipinski definition) is 1. The van der Waals surface area contributed by atoms with Gasteiger partial charge in [-0.3, -0.25) is 0 Å². The Morgan fingerprint density at radius 1 is 1.77 bits per heavy atom. The maximum absolute atomic E-state index is 10.5. The average Bonchev–Trinajstić information content (AvgIpc) is 2.61. The fourth-order valence-electron chi connectivity index (χ4n) is 1.51. The third-order valence-electron chi connectivity index (χ3n) is 2.15. The van der Waals surface area contributed by atoms with Gasteiger partial charge in [-0.2, -0.15) is 0 Å². The second-order valence-corrected chi connectivity index (χ2v) is 4.90. The zero-order valence-corrected chi connectivity index (χ0v) is 9.51. The fourth-order valence-corrected chi connectivity index (χ4v) is 2.87. The Bertz CT molecular complexity index is 263. The Morgan fingerprint density at radius 3 is 3.08 bits per heavy atom. The zero-order valence-electron chi connectivity index (χ0n) is 7.77. The summed E-state index contributed by atoms with van der Waals surface area (Å²) in [6.07, 6.45) is 8.36. The minimum atomic E-state index is -0.207. The molecule has 0 radical (unpaired) electrons. The number of carbonyl (C=O) groups is 1. The minimum absolute atomic E-state index is 0.207. The van der Waals surface area contributed by atoms with Crippen molar-refractivity contribution in [1.29, 1.82) is 0 Å². The fraction of sp³-hybridized carbons (Fsp3) is 0.364. The van der Waals surface area contributed by atoms with Gasteiger partial charge in [0.05, 0.1) is 0 Å². The molecule has 0 fully saturated rings. The molecule has 1 atom stereocenters. The third-order valence-corrected chi connectivity index (χ3v) is 4.03. The second kappa shape index (κ2) is 5.29. The van der Waals surface area contributed by atoms with Crippen LogP contribution in [0.5, 0.6) is 0 Å². The number of carbonyl (C=O) groups excluding carboxylic acids is 1. The number of rotatable bonds is 5. The summed E-state index contributed by atoms with van der Waals surface area (Å²) >= 11 is -0.207. The molecule has 0 amide bonds. The Kier molecular flexibility index (Phi) is 4.31. The van der Waals surface area contributed by atoms with Crippen molar-refractivity contribution in [3.05, 3.63) is 36.0 Å². The number of hydrogen-bond donors (Lipinski definition) is 0. The van der Waals surface area contributed by atoms with Gasteiger partial charge >= 0.3 is 87.0 Å². The van der Waals surface area contributed by atoms with Crippen LogP contribution in [0.3, 0.4) is 0 Å². The van der Waals surface area contributed by atoms with Gasteiger partial charge in [-0.1, -0.05) is 0 Å². The molecule has 0 saturated carbocycles. The van der Waals surface area contributed by atoms with Crippen LogP contribution < -0.4 is 0 Å². The van der Waals surface area contributed by atoms with Gasteiger partial charge in [0, 0.05) is 0 Å². The predicted octanol–water partition coefficient (Wildman–Crippen LogP) is 2.90. The van der Waals surface area contributed by atoms with Crippen LogP contribution in [-0.4, -0.2) is 4.88 Å². The van der Waals surface area contributed by atoms with Gasteiger partial charge in [0.25, 0.3) is 0 Å². The van der Waals surface area contributed by atoms with Crippen LogP contribution in [0.15, 0.2) is 36.0 Å². The molecule has 13 heavy (non-hydrogen) atoms. The molecular weight excluding hydrogens is 249 g/mol. The van der Waals surface area contributed by atoms with E-state index in [4.69, 9.17) is 0 Å². The van der Waals surface area contributed by atoms with E-state index in [2.05, 4.69) is 25.7 Å². The van der Waals surface area contributed by atoms with Gasteiger partial charge in [-0.25, -0.2) is 0 Å². The summed E-state index contributed by atoms with van der Waals surface area (Å²) in [4.78, 5) is 11.5. The molecule has 0 spiro atoms.